The minimum Gasteiger partial charge on any atom is -0.373 e. The molecule has 3 rings (SSSR count). The second-order valence-corrected chi connectivity index (χ2v) is 7.32. The van der Waals surface area contributed by atoms with Crippen molar-refractivity contribution >= 4 is 29.3 Å². The predicted molar refractivity (Wildman–Crippen MR) is 110 cm³/mol. The summed E-state index contributed by atoms with van der Waals surface area (Å²) in [5, 5.41) is 1.24. The summed E-state index contributed by atoms with van der Waals surface area (Å²) in [6, 6.07) is 15.6. The summed E-state index contributed by atoms with van der Waals surface area (Å²) >= 11 is 12.2. The maximum Gasteiger partial charge on any atom is 0.160 e. The minimum atomic E-state index is -0.264. The Morgan fingerprint density at radius 1 is 1.07 bits per heavy atom. The average Bonchev–Trinajstić information content (AvgIpc) is 2.67. The standard InChI is InChI=1S/C22H24Cl2O3/c1-2-25-22-14-20(26-15-16-6-4-3-5-7-16)13-19(27-22)11-9-17-8-10-18(23)12-21(17)24/h3-12,19-20,22H,2,13-15H2,1H3/b11-9+/t19-,20-,22+/m1/s1. The topological polar surface area (TPSA) is 27.7 Å². The molecule has 1 fully saturated rings. The van der Waals surface area contributed by atoms with E-state index in [0.29, 0.717) is 23.3 Å². The van der Waals surface area contributed by atoms with Crippen LogP contribution in [0.4, 0.5) is 0 Å². The Morgan fingerprint density at radius 3 is 2.63 bits per heavy atom. The molecule has 27 heavy (non-hydrogen) atoms. The molecule has 2 aromatic rings. The lowest BCUT2D eigenvalue weighted by Gasteiger charge is -2.33. The summed E-state index contributed by atoms with van der Waals surface area (Å²) in [4.78, 5) is 0. The lowest BCUT2D eigenvalue weighted by molar-refractivity contribution is -0.210. The van der Waals surface area contributed by atoms with Gasteiger partial charge in [0.1, 0.15) is 0 Å². The van der Waals surface area contributed by atoms with Crippen molar-refractivity contribution in [2.45, 2.75) is 44.9 Å². The third-order valence-corrected chi connectivity index (χ3v) is 4.97. The van der Waals surface area contributed by atoms with Crippen LogP contribution in [-0.2, 0) is 20.8 Å². The smallest absolute Gasteiger partial charge is 0.160 e. The Hall–Kier alpha value is -1.36. The van der Waals surface area contributed by atoms with Crippen LogP contribution >= 0.6 is 23.2 Å². The molecule has 3 nitrogen and oxygen atoms in total. The summed E-state index contributed by atoms with van der Waals surface area (Å²) in [5.41, 5.74) is 2.07. The van der Waals surface area contributed by atoms with E-state index in [1.165, 1.54) is 0 Å². The molecule has 0 amide bonds. The zero-order chi connectivity index (χ0) is 19.1. The molecule has 0 aliphatic carbocycles. The molecule has 0 bridgehead atoms. The van der Waals surface area contributed by atoms with Crippen molar-refractivity contribution in [2.24, 2.45) is 0 Å². The van der Waals surface area contributed by atoms with Crippen molar-refractivity contribution in [3.8, 4) is 0 Å². The molecule has 2 aromatic carbocycles. The summed E-state index contributed by atoms with van der Waals surface area (Å²) in [6.45, 7) is 3.16. The van der Waals surface area contributed by atoms with Crippen LogP contribution in [0.1, 0.15) is 30.9 Å². The van der Waals surface area contributed by atoms with Crippen LogP contribution in [0.3, 0.4) is 0 Å². The van der Waals surface area contributed by atoms with Crippen molar-refractivity contribution in [1.82, 2.24) is 0 Å². The first-order valence-corrected chi connectivity index (χ1v) is 9.95. The Kier molecular flexibility index (Phi) is 7.74. The van der Waals surface area contributed by atoms with Crippen LogP contribution in [-0.4, -0.2) is 25.1 Å². The van der Waals surface area contributed by atoms with Crippen LogP contribution < -0.4 is 0 Å². The molecule has 1 aliphatic heterocycles. The van der Waals surface area contributed by atoms with Gasteiger partial charge < -0.3 is 14.2 Å². The van der Waals surface area contributed by atoms with Crippen molar-refractivity contribution in [2.75, 3.05) is 6.61 Å². The molecule has 144 valence electrons. The van der Waals surface area contributed by atoms with Gasteiger partial charge in [0.05, 0.1) is 18.8 Å². The van der Waals surface area contributed by atoms with Gasteiger partial charge in [-0.15, -0.1) is 0 Å². The number of hydrogen-bond donors (Lipinski definition) is 0. The Labute approximate surface area is 170 Å². The number of hydrogen-bond acceptors (Lipinski definition) is 3. The normalized spacial score (nSPS) is 23.0. The Bertz CT molecular complexity index is 748. The van der Waals surface area contributed by atoms with E-state index in [9.17, 15) is 0 Å². The van der Waals surface area contributed by atoms with Gasteiger partial charge in [0.15, 0.2) is 6.29 Å². The highest BCUT2D eigenvalue weighted by molar-refractivity contribution is 6.35. The summed E-state index contributed by atoms with van der Waals surface area (Å²) in [6.07, 6.45) is 5.20. The Balaban J connectivity index is 1.63. The molecule has 0 N–H and O–H groups in total. The maximum atomic E-state index is 6.25. The number of rotatable bonds is 7. The molecule has 5 heteroatoms. The predicted octanol–water partition coefficient (Wildman–Crippen LogP) is 6.13. The Morgan fingerprint density at radius 2 is 1.89 bits per heavy atom. The lowest BCUT2D eigenvalue weighted by Crippen LogP contribution is -2.37. The molecule has 1 saturated heterocycles. The van der Waals surface area contributed by atoms with Gasteiger partial charge in [0.25, 0.3) is 0 Å². The third-order valence-electron chi connectivity index (χ3n) is 4.41. The van der Waals surface area contributed by atoms with Gasteiger partial charge in [0.2, 0.25) is 0 Å². The fourth-order valence-electron chi connectivity index (χ4n) is 3.07. The quantitative estimate of drug-likeness (QED) is 0.552. The summed E-state index contributed by atoms with van der Waals surface area (Å²) in [5.74, 6) is 0. The molecule has 0 radical (unpaired) electrons. The SMILES string of the molecule is CCO[C@@H]1C[C@H](OCc2ccccc2)C[C@@H](/C=C/c2ccc(Cl)cc2Cl)O1. The first-order chi connectivity index (χ1) is 13.1. The largest absolute Gasteiger partial charge is 0.373 e. The van der Waals surface area contributed by atoms with Gasteiger partial charge in [0, 0.05) is 29.5 Å². The van der Waals surface area contributed by atoms with Crippen molar-refractivity contribution in [3.05, 3.63) is 75.8 Å². The summed E-state index contributed by atoms with van der Waals surface area (Å²) < 4.78 is 17.9. The maximum absolute atomic E-state index is 6.25. The highest BCUT2D eigenvalue weighted by Gasteiger charge is 2.29. The average molecular weight is 407 g/mol. The van der Waals surface area contributed by atoms with Gasteiger partial charge in [-0.2, -0.15) is 0 Å². The summed E-state index contributed by atoms with van der Waals surface area (Å²) in [7, 11) is 0. The fourth-order valence-corrected chi connectivity index (χ4v) is 3.54. The number of benzene rings is 2. The minimum absolute atomic E-state index is 0.0749. The van der Waals surface area contributed by atoms with E-state index in [4.69, 9.17) is 37.4 Å². The van der Waals surface area contributed by atoms with Crippen LogP contribution in [0.25, 0.3) is 6.08 Å². The van der Waals surface area contributed by atoms with E-state index >= 15 is 0 Å². The highest BCUT2D eigenvalue weighted by atomic mass is 35.5. The van der Waals surface area contributed by atoms with Gasteiger partial charge in [-0.1, -0.05) is 71.8 Å². The first kappa shape index (κ1) is 20.4. The molecule has 3 atom stereocenters. The van der Waals surface area contributed by atoms with Gasteiger partial charge in [-0.25, -0.2) is 0 Å². The van der Waals surface area contributed by atoms with Gasteiger partial charge in [-0.05, 0) is 30.2 Å². The molecule has 1 heterocycles. The highest BCUT2D eigenvalue weighted by Crippen LogP contribution is 2.27. The molecule has 0 aromatic heterocycles. The molecule has 0 saturated carbocycles. The van der Waals surface area contributed by atoms with Gasteiger partial charge in [-0.3, -0.25) is 0 Å². The van der Waals surface area contributed by atoms with Crippen LogP contribution in [0.15, 0.2) is 54.6 Å². The second kappa shape index (κ2) is 10.3. The third kappa shape index (κ3) is 6.34. The lowest BCUT2D eigenvalue weighted by atomic mass is 10.0. The number of ether oxygens (including phenoxy) is 3. The zero-order valence-corrected chi connectivity index (χ0v) is 16.8. The molecule has 0 unspecified atom stereocenters. The first-order valence-electron chi connectivity index (χ1n) is 9.20. The van der Waals surface area contributed by atoms with Crippen molar-refractivity contribution in [1.29, 1.82) is 0 Å². The van der Waals surface area contributed by atoms with Crippen LogP contribution in [0.2, 0.25) is 10.0 Å². The van der Waals surface area contributed by atoms with Gasteiger partial charge >= 0.3 is 0 Å². The van der Waals surface area contributed by atoms with Crippen LogP contribution in [0.5, 0.6) is 0 Å². The monoisotopic (exact) mass is 406 g/mol. The second-order valence-electron chi connectivity index (χ2n) is 6.47. The molecular weight excluding hydrogens is 383 g/mol. The van der Waals surface area contributed by atoms with Crippen molar-refractivity contribution in [3.63, 3.8) is 0 Å². The molecule has 0 spiro atoms. The van der Waals surface area contributed by atoms with E-state index in [1.54, 1.807) is 6.07 Å². The van der Waals surface area contributed by atoms with E-state index < -0.39 is 0 Å². The van der Waals surface area contributed by atoms with Crippen molar-refractivity contribution < 1.29 is 14.2 Å². The zero-order valence-electron chi connectivity index (χ0n) is 15.3. The molecular formula is C22H24Cl2O3. The number of halogens is 2. The molecule has 1 aliphatic rings. The van der Waals surface area contributed by atoms with E-state index in [1.807, 2.05) is 49.4 Å². The van der Waals surface area contributed by atoms with E-state index in [0.717, 1.165) is 24.0 Å². The van der Waals surface area contributed by atoms with E-state index in [-0.39, 0.29) is 18.5 Å². The fraction of sp³-hybridized carbons (Fsp3) is 0.364. The van der Waals surface area contributed by atoms with E-state index in [2.05, 4.69) is 12.1 Å². The van der Waals surface area contributed by atoms with Crippen LogP contribution in [0, 0.1) is 0 Å².